The molecule has 2 N–H and O–H groups in total. The zero-order valence-electron chi connectivity index (χ0n) is 10.6. The molecule has 4 nitrogen and oxygen atoms in total. The van der Waals surface area contributed by atoms with Crippen LogP contribution < -0.4 is 0 Å². The molecule has 20 heavy (non-hydrogen) atoms. The molecule has 100 valence electrons. The number of aromatic nitrogens is 2. The summed E-state index contributed by atoms with van der Waals surface area (Å²) < 4.78 is 0. The Morgan fingerprint density at radius 3 is 2.75 bits per heavy atom. The Bertz CT molecular complexity index is 824. The minimum Gasteiger partial charge on any atom is -0.478 e. The Kier molecular flexibility index (Phi) is 2.95. The van der Waals surface area contributed by atoms with Gasteiger partial charge in [-0.15, -0.1) is 0 Å². The fourth-order valence-corrected chi connectivity index (χ4v) is 2.20. The van der Waals surface area contributed by atoms with E-state index in [-0.39, 0.29) is 5.56 Å². The smallest absolute Gasteiger partial charge is 0.335 e. The third-order valence-electron chi connectivity index (χ3n) is 3.17. The number of aryl methyl sites for hydroxylation is 1. The first kappa shape index (κ1) is 12.7. The van der Waals surface area contributed by atoms with Gasteiger partial charge < -0.3 is 10.1 Å². The summed E-state index contributed by atoms with van der Waals surface area (Å²) >= 11 is 6.11. The number of nitrogens with zero attached hydrogens (tertiary/aromatic N) is 1. The van der Waals surface area contributed by atoms with Crippen LogP contribution in [0.1, 0.15) is 15.9 Å². The van der Waals surface area contributed by atoms with Crippen LogP contribution in [0.15, 0.2) is 36.4 Å². The summed E-state index contributed by atoms with van der Waals surface area (Å²) in [6, 6.07) is 10.5. The molecule has 0 amide bonds. The average Bonchev–Trinajstić information content (AvgIpc) is 2.84. The lowest BCUT2D eigenvalue weighted by molar-refractivity contribution is 0.0697. The maximum absolute atomic E-state index is 11.0. The van der Waals surface area contributed by atoms with E-state index in [4.69, 9.17) is 16.7 Å². The molecule has 0 radical (unpaired) electrons. The number of carboxylic acids is 1. The van der Waals surface area contributed by atoms with E-state index in [0.717, 1.165) is 16.6 Å². The Hall–Kier alpha value is -2.33. The van der Waals surface area contributed by atoms with Crippen LogP contribution in [-0.4, -0.2) is 21.0 Å². The number of fused-ring (bicyclic) bond motifs is 1. The van der Waals surface area contributed by atoms with Gasteiger partial charge in [-0.05, 0) is 36.8 Å². The molecule has 1 heterocycles. The van der Waals surface area contributed by atoms with Crippen molar-refractivity contribution >= 4 is 28.6 Å². The van der Waals surface area contributed by atoms with Gasteiger partial charge in [-0.3, -0.25) is 0 Å². The molecule has 2 aromatic carbocycles. The molecule has 0 atom stereocenters. The number of carboxylic acid groups (broad SMARTS) is 1. The standard InChI is InChI=1S/C15H11ClN2O2/c1-8-2-3-9(6-11(8)16)14-17-12-5-4-10(15(19)20)7-13(12)18-14/h2-7H,1H3,(H,17,18)(H,19,20). The molecule has 0 saturated heterocycles. The third-order valence-corrected chi connectivity index (χ3v) is 3.58. The molecular weight excluding hydrogens is 276 g/mol. The van der Waals surface area contributed by atoms with Crippen molar-refractivity contribution in [1.82, 2.24) is 9.97 Å². The summed E-state index contributed by atoms with van der Waals surface area (Å²) in [4.78, 5) is 18.5. The molecule has 0 aliphatic rings. The Morgan fingerprint density at radius 1 is 1.25 bits per heavy atom. The van der Waals surface area contributed by atoms with Crippen molar-refractivity contribution < 1.29 is 9.90 Å². The van der Waals surface area contributed by atoms with E-state index in [9.17, 15) is 4.79 Å². The number of imidazole rings is 1. The number of hydrogen-bond acceptors (Lipinski definition) is 2. The average molecular weight is 287 g/mol. The number of aromatic carboxylic acids is 1. The van der Waals surface area contributed by atoms with E-state index >= 15 is 0 Å². The molecule has 1 aromatic heterocycles. The highest BCUT2D eigenvalue weighted by Crippen LogP contribution is 2.25. The summed E-state index contributed by atoms with van der Waals surface area (Å²) in [6.07, 6.45) is 0. The first-order valence-corrected chi connectivity index (χ1v) is 6.42. The van der Waals surface area contributed by atoms with Crippen LogP contribution in [0.2, 0.25) is 5.02 Å². The molecular formula is C15H11ClN2O2. The van der Waals surface area contributed by atoms with Gasteiger partial charge in [-0.2, -0.15) is 0 Å². The first-order chi connectivity index (χ1) is 9.54. The topological polar surface area (TPSA) is 66.0 Å². The van der Waals surface area contributed by atoms with E-state index in [1.165, 1.54) is 6.07 Å². The lowest BCUT2D eigenvalue weighted by atomic mass is 10.1. The van der Waals surface area contributed by atoms with Gasteiger partial charge in [0.25, 0.3) is 0 Å². The van der Waals surface area contributed by atoms with Crippen molar-refractivity contribution in [3.05, 3.63) is 52.5 Å². The van der Waals surface area contributed by atoms with Crippen LogP contribution in [0.4, 0.5) is 0 Å². The van der Waals surface area contributed by atoms with Gasteiger partial charge in [-0.1, -0.05) is 23.7 Å². The van der Waals surface area contributed by atoms with Gasteiger partial charge in [0.2, 0.25) is 0 Å². The minimum absolute atomic E-state index is 0.231. The highest BCUT2D eigenvalue weighted by molar-refractivity contribution is 6.31. The quantitative estimate of drug-likeness (QED) is 0.751. The van der Waals surface area contributed by atoms with Gasteiger partial charge in [0, 0.05) is 10.6 Å². The van der Waals surface area contributed by atoms with Gasteiger partial charge in [-0.25, -0.2) is 9.78 Å². The molecule has 0 fully saturated rings. The second kappa shape index (κ2) is 4.65. The highest BCUT2D eigenvalue weighted by Gasteiger charge is 2.09. The second-order valence-electron chi connectivity index (χ2n) is 4.59. The number of nitrogens with one attached hydrogen (secondary N) is 1. The van der Waals surface area contributed by atoms with Crippen molar-refractivity contribution in [3.8, 4) is 11.4 Å². The lowest BCUT2D eigenvalue weighted by Crippen LogP contribution is -1.94. The van der Waals surface area contributed by atoms with Crippen LogP contribution in [-0.2, 0) is 0 Å². The Labute approximate surface area is 120 Å². The van der Waals surface area contributed by atoms with Gasteiger partial charge in [0.1, 0.15) is 5.82 Å². The van der Waals surface area contributed by atoms with Crippen molar-refractivity contribution in [1.29, 1.82) is 0 Å². The van der Waals surface area contributed by atoms with Gasteiger partial charge >= 0.3 is 5.97 Å². The number of benzene rings is 2. The maximum Gasteiger partial charge on any atom is 0.335 e. The van der Waals surface area contributed by atoms with Crippen LogP contribution in [0.25, 0.3) is 22.4 Å². The predicted molar refractivity (Wildman–Crippen MR) is 78.2 cm³/mol. The fourth-order valence-electron chi connectivity index (χ4n) is 2.02. The molecule has 0 spiro atoms. The third kappa shape index (κ3) is 2.14. The first-order valence-electron chi connectivity index (χ1n) is 6.04. The molecule has 0 aliphatic carbocycles. The van der Waals surface area contributed by atoms with E-state index < -0.39 is 5.97 Å². The predicted octanol–water partition coefficient (Wildman–Crippen LogP) is 3.89. The highest BCUT2D eigenvalue weighted by atomic mass is 35.5. The number of halogens is 1. The summed E-state index contributed by atoms with van der Waals surface area (Å²) in [5, 5.41) is 9.66. The lowest BCUT2D eigenvalue weighted by Gasteiger charge is -2.00. The Balaban J connectivity index is 2.12. The molecule has 0 aliphatic heterocycles. The Morgan fingerprint density at radius 2 is 2.05 bits per heavy atom. The van der Waals surface area contributed by atoms with E-state index in [2.05, 4.69) is 9.97 Å². The molecule has 3 rings (SSSR count). The van der Waals surface area contributed by atoms with Crippen LogP contribution in [0, 0.1) is 6.92 Å². The van der Waals surface area contributed by atoms with Crippen LogP contribution in [0.3, 0.4) is 0 Å². The van der Waals surface area contributed by atoms with Crippen LogP contribution in [0.5, 0.6) is 0 Å². The zero-order valence-corrected chi connectivity index (χ0v) is 11.4. The molecule has 0 bridgehead atoms. The summed E-state index contributed by atoms with van der Waals surface area (Å²) in [5.41, 5.74) is 3.52. The van der Waals surface area contributed by atoms with E-state index in [0.29, 0.717) is 16.4 Å². The number of rotatable bonds is 2. The normalized spacial score (nSPS) is 10.9. The maximum atomic E-state index is 11.0. The number of H-pyrrole nitrogens is 1. The molecule has 5 heteroatoms. The zero-order chi connectivity index (χ0) is 14.3. The van der Waals surface area contributed by atoms with Crippen LogP contribution >= 0.6 is 11.6 Å². The summed E-state index contributed by atoms with van der Waals surface area (Å²) in [6.45, 7) is 1.93. The number of carbonyl (C=O) groups is 1. The molecule has 3 aromatic rings. The summed E-state index contributed by atoms with van der Waals surface area (Å²) in [5.74, 6) is -0.286. The fraction of sp³-hybridized carbons (Fsp3) is 0.0667. The second-order valence-corrected chi connectivity index (χ2v) is 4.99. The van der Waals surface area contributed by atoms with E-state index in [1.54, 1.807) is 12.1 Å². The van der Waals surface area contributed by atoms with Crippen molar-refractivity contribution in [2.45, 2.75) is 6.92 Å². The largest absolute Gasteiger partial charge is 0.478 e. The SMILES string of the molecule is Cc1ccc(-c2nc3ccc(C(=O)O)cc3[nH]2)cc1Cl. The monoisotopic (exact) mass is 286 g/mol. The van der Waals surface area contributed by atoms with Crippen molar-refractivity contribution in [2.24, 2.45) is 0 Å². The molecule has 0 saturated carbocycles. The van der Waals surface area contributed by atoms with Crippen molar-refractivity contribution in [3.63, 3.8) is 0 Å². The number of aromatic amines is 1. The van der Waals surface area contributed by atoms with Crippen molar-refractivity contribution in [2.75, 3.05) is 0 Å². The van der Waals surface area contributed by atoms with E-state index in [1.807, 2.05) is 25.1 Å². The van der Waals surface area contributed by atoms with Gasteiger partial charge in [0.15, 0.2) is 0 Å². The molecule has 0 unspecified atom stereocenters. The number of hydrogen-bond donors (Lipinski definition) is 2. The minimum atomic E-state index is -0.957. The summed E-state index contributed by atoms with van der Waals surface area (Å²) in [7, 11) is 0. The van der Waals surface area contributed by atoms with Gasteiger partial charge in [0.05, 0.1) is 16.6 Å².